The van der Waals surface area contributed by atoms with E-state index >= 15 is 0 Å². The van der Waals surface area contributed by atoms with E-state index in [1.165, 1.54) is 22.3 Å². The van der Waals surface area contributed by atoms with Gasteiger partial charge in [0.05, 0.1) is 16.3 Å². The van der Waals surface area contributed by atoms with Crippen LogP contribution < -0.4 is 0 Å². The first kappa shape index (κ1) is 14.8. The third kappa shape index (κ3) is 2.16. The third-order valence-electron chi connectivity index (χ3n) is 4.54. The van der Waals surface area contributed by atoms with Gasteiger partial charge in [-0.3, -0.25) is 0 Å². The number of isothiocyanates is 1. The van der Waals surface area contributed by atoms with Gasteiger partial charge in [-0.05, 0) is 28.9 Å². The van der Waals surface area contributed by atoms with Crippen LogP contribution in [0.15, 0.2) is 102 Å². The summed E-state index contributed by atoms with van der Waals surface area (Å²) >= 11 is 4.92. The van der Waals surface area contributed by atoms with Gasteiger partial charge in [0, 0.05) is 5.57 Å². The van der Waals surface area contributed by atoms with Crippen molar-refractivity contribution in [3.05, 3.63) is 113 Å². The molecule has 2 heteroatoms. The smallest absolute Gasteiger partial charge is 0.0910 e. The summed E-state index contributed by atoms with van der Waals surface area (Å²) in [5.74, 6) is 0. The van der Waals surface area contributed by atoms with Gasteiger partial charge in [-0.1, -0.05) is 91.0 Å². The van der Waals surface area contributed by atoms with Crippen molar-refractivity contribution in [1.82, 2.24) is 0 Å². The molecule has 0 saturated heterocycles. The zero-order chi connectivity index (χ0) is 16.4. The molecule has 1 aliphatic carbocycles. The molecule has 3 aromatic rings. The van der Waals surface area contributed by atoms with Crippen LogP contribution in [0.1, 0.15) is 16.7 Å². The maximum atomic E-state index is 4.92. The first-order chi connectivity index (χ1) is 11.9. The molecule has 0 N–H and O–H groups in total. The summed E-state index contributed by atoms with van der Waals surface area (Å²) < 4.78 is 0. The van der Waals surface area contributed by atoms with Crippen LogP contribution in [-0.4, -0.2) is 5.16 Å². The standard InChI is InChI=1S/C22H15NS/c24-16-23-21-20(17-10-4-1-5-11-17)22(21,18-12-6-2-7-13-18)19-14-8-3-9-15-19/h1-15H. The van der Waals surface area contributed by atoms with Crippen molar-refractivity contribution in [3.63, 3.8) is 0 Å². The van der Waals surface area contributed by atoms with E-state index in [4.69, 9.17) is 12.2 Å². The van der Waals surface area contributed by atoms with Crippen LogP contribution in [-0.2, 0) is 5.41 Å². The molecule has 0 saturated carbocycles. The average Bonchev–Trinajstić information content (AvgIpc) is 3.33. The van der Waals surface area contributed by atoms with Crippen LogP contribution in [0, 0.1) is 0 Å². The van der Waals surface area contributed by atoms with E-state index in [2.05, 4.69) is 83.0 Å². The minimum absolute atomic E-state index is 0.338. The van der Waals surface area contributed by atoms with Crippen LogP contribution in [0.25, 0.3) is 5.57 Å². The molecular formula is C22H15NS. The van der Waals surface area contributed by atoms with E-state index in [1.807, 2.05) is 18.2 Å². The Morgan fingerprint density at radius 1 is 0.667 bits per heavy atom. The lowest BCUT2D eigenvalue weighted by atomic mass is 9.81. The summed E-state index contributed by atoms with van der Waals surface area (Å²) in [4.78, 5) is 4.44. The van der Waals surface area contributed by atoms with Crippen LogP contribution in [0.5, 0.6) is 0 Å². The first-order valence-electron chi connectivity index (χ1n) is 7.88. The van der Waals surface area contributed by atoms with Gasteiger partial charge in [-0.15, -0.1) is 0 Å². The highest BCUT2D eigenvalue weighted by Crippen LogP contribution is 2.63. The second-order valence-electron chi connectivity index (χ2n) is 5.77. The van der Waals surface area contributed by atoms with Gasteiger partial charge in [0.25, 0.3) is 0 Å². The van der Waals surface area contributed by atoms with Gasteiger partial charge in [0.2, 0.25) is 0 Å². The number of nitrogens with zero attached hydrogens (tertiary/aromatic N) is 1. The topological polar surface area (TPSA) is 12.4 Å². The lowest BCUT2D eigenvalue weighted by Crippen LogP contribution is -2.15. The van der Waals surface area contributed by atoms with Crippen molar-refractivity contribution in [2.45, 2.75) is 5.41 Å². The van der Waals surface area contributed by atoms with Crippen molar-refractivity contribution in [2.75, 3.05) is 0 Å². The number of aliphatic imine (C=N–C) groups is 1. The van der Waals surface area contributed by atoms with Crippen LogP contribution in [0.4, 0.5) is 0 Å². The first-order valence-corrected chi connectivity index (χ1v) is 8.29. The van der Waals surface area contributed by atoms with Crippen molar-refractivity contribution in [2.24, 2.45) is 4.99 Å². The fourth-order valence-corrected chi connectivity index (χ4v) is 3.61. The van der Waals surface area contributed by atoms with Gasteiger partial charge in [0.1, 0.15) is 0 Å². The summed E-state index contributed by atoms with van der Waals surface area (Å²) in [6.07, 6.45) is 0. The van der Waals surface area contributed by atoms with Crippen LogP contribution in [0.3, 0.4) is 0 Å². The molecular weight excluding hydrogens is 310 g/mol. The quantitative estimate of drug-likeness (QED) is 0.456. The molecule has 4 rings (SSSR count). The molecule has 0 heterocycles. The van der Waals surface area contributed by atoms with Crippen molar-refractivity contribution >= 4 is 23.0 Å². The Morgan fingerprint density at radius 2 is 1.12 bits per heavy atom. The Morgan fingerprint density at radius 3 is 1.58 bits per heavy atom. The van der Waals surface area contributed by atoms with E-state index in [1.54, 1.807) is 0 Å². The molecule has 3 aromatic carbocycles. The monoisotopic (exact) mass is 325 g/mol. The van der Waals surface area contributed by atoms with E-state index in [9.17, 15) is 0 Å². The molecule has 0 atom stereocenters. The van der Waals surface area contributed by atoms with Gasteiger partial charge >= 0.3 is 0 Å². The maximum absolute atomic E-state index is 4.92. The summed E-state index contributed by atoms with van der Waals surface area (Å²) in [6, 6.07) is 31.4. The zero-order valence-corrected chi connectivity index (χ0v) is 13.8. The number of hydrogen-bond acceptors (Lipinski definition) is 2. The largest absolute Gasteiger partial charge is 0.197 e. The third-order valence-corrected chi connectivity index (χ3v) is 4.63. The molecule has 1 aliphatic rings. The fraction of sp³-hybridized carbons (Fsp3) is 0.0455. The highest BCUT2D eigenvalue weighted by molar-refractivity contribution is 7.78. The molecule has 0 aromatic heterocycles. The number of hydrogen-bond donors (Lipinski definition) is 0. The van der Waals surface area contributed by atoms with Crippen LogP contribution in [0.2, 0.25) is 0 Å². The number of rotatable bonds is 4. The Bertz CT molecular complexity index is 898. The normalized spacial score (nSPS) is 14.8. The predicted octanol–water partition coefficient (Wildman–Crippen LogP) is 5.50. The summed E-state index contributed by atoms with van der Waals surface area (Å²) in [5, 5.41) is 2.57. The lowest BCUT2D eigenvalue weighted by molar-refractivity contribution is 0.895. The molecule has 0 spiro atoms. The second kappa shape index (κ2) is 6.01. The molecule has 0 fully saturated rings. The van der Waals surface area contributed by atoms with E-state index < -0.39 is 0 Å². The van der Waals surface area contributed by atoms with Gasteiger partial charge < -0.3 is 0 Å². The lowest BCUT2D eigenvalue weighted by Gasteiger charge is -2.20. The Hall–Kier alpha value is -2.80. The number of allylic oxidation sites excluding steroid dienone is 2. The summed E-state index contributed by atoms with van der Waals surface area (Å²) in [7, 11) is 0. The van der Waals surface area contributed by atoms with Crippen LogP contribution >= 0.6 is 12.2 Å². The van der Waals surface area contributed by atoms with Gasteiger partial charge in [0.15, 0.2) is 0 Å². The minimum atomic E-state index is -0.338. The van der Waals surface area contributed by atoms with Crippen molar-refractivity contribution in [3.8, 4) is 0 Å². The van der Waals surface area contributed by atoms with E-state index in [0.29, 0.717) is 0 Å². The molecule has 24 heavy (non-hydrogen) atoms. The van der Waals surface area contributed by atoms with E-state index in [0.717, 1.165) is 5.70 Å². The molecule has 0 bridgehead atoms. The zero-order valence-electron chi connectivity index (χ0n) is 13.0. The highest BCUT2D eigenvalue weighted by Gasteiger charge is 2.56. The Kier molecular flexibility index (Phi) is 3.70. The van der Waals surface area contributed by atoms with Gasteiger partial charge in [-0.2, -0.15) is 4.99 Å². The Balaban J connectivity index is 1.98. The van der Waals surface area contributed by atoms with Crippen molar-refractivity contribution in [1.29, 1.82) is 0 Å². The minimum Gasteiger partial charge on any atom is -0.197 e. The molecule has 114 valence electrons. The molecule has 1 nitrogen and oxygen atoms in total. The Labute approximate surface area is 147 Å². The number of thiocarbonyl (C=S) groups is 1. The predicted molar refractivity (Wildman–Crippen MR) is 102 cm³/mol. The average molecular weight is 325 g/mol. The fourth-order valence-electron chi connectivity index (χ4n) is 3.52. The van der Waals surface area contributed by atoms with E-state index in [-0.39, 0.29) is 5.41 Å². The highest BCUT2D eigenvalue weighted by atomic mass is 32.1. The molecule has 0 aliphatic heterocycles. The SMILES string of the molecule is S=C=NC1=C(c2ccccc2)C1(c1ccccc1)c1ccccc1. The molecule has 0 unspecified atom stereocenters. The number of benzene rings is 3. The van der Waals surface area contributed by atoms with Crippen molar-refractivity contribution < 1.29 is 0 Å². The molecule has 0 amide bonds. The second-order valence-corrected chi connectivity index (χ2v) is 5.96. The molecule has 0 radical (unpaired) electrons. The summed E-state index contributed by atoms with van der Waals surface area (Å²) in [5.41, 5.74) is 5.45. The maximum Gasteiger partial charge on any atom is 0.0910 e. The summed E-state index contributed by atoms with van der Waals surface area (Å²) in [6.45, 7) is 0. The van der Waals surface area contributed by atoms with Gasteiger partial charge in [-0.25, -0.2) is 0 Å².